The Morgan fingerprint density at radius 2 is 2.00 bits per heavy atom. The van der Waals surface area contributed by atoms with E-state index in [9.17, 15) is 0 Å². The molecule has 1 fully saturated rings. The molecule has 0 bridgehead atoms. The second kappa shape index (κ2) is 6.42. The molecule has 2 heteroatoms. The van der Waals surface area contributed by atoms with Crippen molar-refractivity contribution in [3.05, 3.63) is 28.8 Å². The van der Waals surface area contributed by atoms with Gasteiger partial charge in [-0.2, -0.15) is 0 Å². The Balaban J connectivity index is 2.16. The summed E-state index contributed by atoms with van der Waals surface area (Å²) in [5.74, 6) is 1.02. The van der Waals surface area contributed by atoms with Crippen LogP contribution >= 0.6 is 0 Å². The van der Waals surface area contributed by atoms with Crippen LogP contribution in [0.5, 0.6) is 5.75 Å². The Labute approximate surface area is 117 Å². The maximum absolute atomic E-state index is 5.41. The van der Waals surface area contributed by atoms with Crippen LogP contribution in [0.25, 0.3) is 0 Å². The molecule has 1 aliphatic heterocycles. The van der Waals surface area contributed by atoms with Gasteiger partial charge in [0.15, 0.2) is 0 Å². The van der Waals surface area contributed by atoms with Crippen molar-refractivity contribution in [1.82, 2.24) is 0 Å². The fraction of sp³-hybridized carbons (Fsp3) is 0.647. The van der Waals surface area contributed by atoms with Crippen molar-refractivity contribution in [3.63, 3.8) is 0 Å². The van der Waals surface area contributed by atoms with E-state index in [1.165, 1.54) is 55.5 Å². The average Bonchev–Trinajstić information content (AvgIpc) is 2.45. The average molecular weight is 262 g/mol. The van der Waals surface area contributed by atoms with Gasteiger partial charge in [0.05, 0.1) is 19.7 Å². The van der Waals surface area contributed by atoms with Crippen molar-refractivity contribution in [2.75, 3.05) is 13.7 Å². The topological polar surface area (TPSA) is 13.7 Å². The molecule has 0 spiro atoms. The first kappa shape index (κ1) is 14.4. The minimum Gasteiger partial charge on any atom is -0.496 e. The smallest absolute Gasteiger partial charge is 0.122 e. The van der Waals surface area contributed by atoms with Crippen LogP contribution in [0.1, 0.15) is 49.3 Å². The number of benzene rings is 1. The maximum atomic E-state index is 5.41. The van der Waals surface area contributed by atoms with Gasteiger partial charge in [0.25, 0.3) is 0 Å². The zero-order chi connectivity index (χ0) is 13.8. The van der Waals surface area contributed by atoms with Crippen molar-refractivity contribution in [2.24, 2.45) is 0 Å². The second-order valence-electron chi connectivity index (χ2n) is 5.86. The van der Waals surface area contributed by atoms with E-state index in [4.69, 9.17) is 4.74 Å². The van der Waals surface area contributed by atoms with Crippen molar-refractivity contribution in [2.45, 2.75) is 59.0 Å². The first-order chi connectivity index (χ1) is 9.17. The number of nitrogens with one attached hydrogen (secondary N) is 1. The molecule has 0 radical (unpaired) electrons. The minimum atomic E-state index is 0.857. The van der Waals surface area contributed by atoms with Crippen molar-refractivity contribution >= 4 is 0 Å². The van der Waals surface area contributed by atoms with Crippen LogP contribution in [-0.2, 0) is 6.54 Å². The van der Waals surface area contributed by atoms with Gasteiger partial charge in [0.2, 0.25) is 0 Å². The van der Waals surface area contributed by atoms with Gasteiger partial charge in [0.1, 0.15) is 12.3 Å². The number of rotatable bonds is 4. The molecule has 1 heterocycles. The molecule has 1 N–H and O–H groups in total. The number of ether oxygens (including phenoxy) is 1. The summed E-state index contributed by atoms with van der Waals surface area (Å²) >= 11 is 0. The largest absolute Gasteiger partial charge is 0.496 e. The van der Waals surface area contributed by atoms with E-state index < -0.39 is 0 Å². The second-order valence-corrected chi connectivity index (χ2v) is 5.86. The zero-order valence-corrected chi connectivity index (χ0v) is 12.9. The van der Waals surface area contributed by atoms with Crippen LogP contribution in [0.15, 0.2) is 12.1 Å². The quantitative estimate of drug-likeness (QED) is 0.881. The van der Waals surface area contributed by atoms with Crippen LogP contribution < -0.4 is 9.64 Å². The molecule has 106 valence electrons. The summed E-state index contributed by atoms with van der Waals surface area (Å²) in [6.07, 6.45) is 5.52. The zero-order valence-electron chi connectivity index (χ0n) is 12.9. The molecule has 2 rings (SSSR count). The lowest BCUT2D eigenvalue weighted by atomic mass is 9.97. The standard InChI is InChI=1S/C17H27NO/c1-5-16-8-6-7-11-18(16)12-15-9-10-17(19-4)14(3)13(15)2/h9-10,16H,5-8,11-12H2,1-4H3/p+1/t16-/m1/s1. The molecule has 1 unspecified atom stereocenters. The molecule has 0 aliphatic carbocycles. The van der Waals surface area contributed by atoms with E-state index in [0.717, 1.165) is 11.8 Å². The number of quaternary nitrogens is 1. The van der Waals surface area contributed by atoms with Gasteiger partial charge in [-0.15, -0.1) is 0 Å². The summed E-state index contributed by atoms with van der Waals surface area (Å²) in [6, 6.07) is 5.24. The molecule has 1 aliphatic rings. The predicted octanol–water partition coefficient (Wildman–Crippen LogP) is 2.66. The maximum Gasteiger partial charge on any atom is 0.122 e. The van der Waals surface area contributed by atoms with Crippen molar-refractivity contribution < 1.29 is 9.64 Å². The number of piperidine rings is 1. The lowest BCUT2D eigenvalue weighted by molar-refractivity contribution is -0.944. The number of methoxy groups -OCH3 is 1. The van der Waals surface area contributed by atoms with E-state index in [2.05, 4.69) is 32.9 Å². The van der Waals surface area contributed by atoms with Gasteiger partial charge in [-0.05, 0) is 62.8 Å². The fourth-order valence-electron chi connectivity index (χ4n) is 3.39. The fourth-order valence-corrected chi connectivity index (χ4v) is 3.39. The van der Waals surface area contributed by atoms with Crippen LogP contribution in [0.3, 0.4) is 0 Å². The van der Waals surface area contributed by atoms with Gasteiger partial charge < -0.3 is 9.64 Å². The van der Waals surface area contributed by atoms with Crippen LogP contribution in [-0.4, -0.2) is 19.7 Å². The summed E-state index contributed by atoms with van der Waals surface area (Å²) in [5.41, 5.74) is 4.20. The van der Waals surface area contributed by atoms with Gasteiger partial charge >= 0.3 is 0 Å². The predicted molar refractivity (Wildman–Crippen MR) is 79.9 cm³/mol. The summed E-state index contributed by atoms with van der Waals surface area (Å²) < 4.78 is 5.41. The summed E-state index contributed by atoms with van der Waals surface area (Å²) in [5, 5.41) is 0. The first-order valence-electron chi connectivity index (χ1n) is 7.65. The van der Waals surface area contributed by atoms with Gasteiger partial charge in [-0.25, -0.2) is 0 Å². The summed E-state index contributed by atoms with van der Waals surface area (Å²) in [6.45, 7) is 9.25. The Kier molecular flexibility index (Phi) is 4.87. The Bertz CT molecular complexity index is 428. The van der Waals surface area contributed by atoms with Crippen LogP contribution in [0.2, 0.25) is 0 Å². The third-order valence-corrected chi connectivity index (χ3v) is 4.86. The van der Waals surface area contributed by atoms with Crippen molar-refractivity contribution in [3.8, 4) is 5.75 Å². The normalized spacial score (nSPS) is 23.4. The van der Waals surface area contributed by atoms with E-state index in [1.54, 1.807) is 12.0 Å². The van der Waals surface area contributed by atoms with Crippen molar-refractivity contribution in [1.29, 1.82) is 0 Å². The van der Waals surface area contributed by atoms with E-state index >= 15 is 0 Å². The molecule has 19 heavy (non-hydrogen) atoms. The van der Waals surface area contributed by atoms with Crippen LogP contribution in [0, 0.1) is 13.8 Å². The molecular formula is C17H28NO+. The highest BCUT2D eigenvalue weighted by atomic mass is 16.5. The monoisotopic (exact) mass is 262 g/mol. The third kappa shape index (κ3) is 3.11. The SMILES string of the molecule is CC[C@@H]1CCCC[NH+]1Cc1ccc(OC)c(C)c1C. The highest BCUT2D eigenvalue weighted by Gasteiger charge is 2.25. The highest BCUT2D eigenvalue weighted by molar-refractivity contribution is 5.43. The van der Waals surface area contributed by atoms with E-state index in [0.29, 0.717) is 0 Å². The highest BCUT2D eigenvalue weighted by Crippen LogP contribution is 2.23. The Hall–Kier alpha value is -1.02. The molecule has 1 aromatic carbocycles. The molecule has 2 atom stereocenters. The van der Waals surface area contributed by atoms with Crippen LogP contribution in [0.4, 0.5) is 0 Å². The number of likely N-dealkylation sites (tertiary alicyclic amines) is 1. The van der Waals surface area contributed by atoms with Gasteiger partial charge in [0, 0.05) is 5.56 Å². The molecule has 0 saturated carbocycles. The third-order valence-electron chi connectivity index (χ3n) is 4.86. The first-order valence-corrected chi connectivity index (χ1v) is 7.65. The van der Waals surface area contributed by atoms with Gasteiger partial charge in [-0.3, -0.25) is 0 Å². The molecular weight excluding hydrogens is 234 g/mol. The van der Waals surface area contributed by atoms with E-state index in [-0.39, 0.29) is 0 Å². The lowest BCUT2D eigenvalue weighted by Gasteiger charge is -2.32. The molecule has 0 amide bonds. The molecule has 1 saturated heterocycles. The lowest BCUT2D eigenvalue weighted by Crippen LogP contribution is -3.15. The number of hydrogen-bond acceptors (Lipinski definition) is 1. The Morgan fingerprint density at radius 3 is 2.68 bits per heavy atom. The molecule has 2 nitrogen and oxygen atoms in total. The Morgan fingerprint density at radius 1 is 1.21 bits per heavy atom. The summed E-state index contributed by atoms with van der Waals surface area (Å²) in [4.78, 5) is 1.78. The number of hydrogen-bond donors (Lipinski definition) is 1. The molecule has 0 aromatic heterocycles. The molecule has 1 aromatic rings. The minimum absolute atomic E-state index is 0.857. The van der Waals surface area contributed by atoms with E-state index in [1.807, 2.05) is 0 Å². The van der Waals surface area contributed by atoms with Gasteiger partial charge in [-0.1, -0.05) is 6.92 Å². The summed E-state index contributed by atoms with van der Waals surface area (Å²) in [7, 11) is 1.75.